The van der Waals surface area contributed by atoms with Crippen LogP contribution in [0.1, 0.15) is 20.3 Å². The Morgan fingerprint density at radius 1 is 1.71 bits per heavy atom. The maximum Gasteiger partial charge on any atom is 0.512 e. The van der Waals surface area contributed by atoms with Gasteiger partial charge in [-0.05, 0) is 0 Å². The Morgan fingerprint density at radius 3 is 2.82 bits per heavy atom. The van der Waals surface area contributed by atoms with E-state index in [1.807, 2.05) is 0 Å². The summed E-state index contributed by atoms with van der Waals surface area (Å²) in [6.07, 6.45) is -1.69. The van der Waals surface area contributed by atoms with Crippen molar-refractivity contribution in [3.05, 3.63) is 11.6 Å². The van der Waals surface area contributed by atoms with Crippen LogP contribution in [0.25, 0.3) is 0 Å². The molecule has 1 atom stereocenters. The van der Waals surface area contributed by atoms with Crippen molar-refractivity contribution in [3.63, 3.8) is 0 Å². The molecule has 0 spiro atoms. The van der Waals surface area contributed by atoms with Gasteiger partial charge in [0.2, 0.25) is 5.91 Å². The summed E-state index contributed by atoms with van der Waals surface area (Å²) in [5, 5.41) is 8.66. The summed E-state index contributed by atoms with van der Waals surface area (Å²) in [7, 11) is 0. The minimum Gasteiger partial charge on any atom is -0.468 e. The van der Waals surface area contributed by atoms with E-state index >= 15 is 0 Å². The van der Waals surface area contributed by atoms with Crippen LogP contribution in [-0.2, 0) is 14.3 Å². The average Bonchev–Trinajstić information content (AvgIpc) is 2.49. The number of hydrogen-bond acceptors (Lipinski definition) is 5. The molecular weight excluding hydrogens is 228 g/mol. The molecule has 2 rings (SSSR count). The van der Waals surface area contributed by atoms with Crippen molar-refractivity contribution in [1.29, 1.82) is 0 Å². The monoisotopic (exact) mass is 242 g/mol. The van der Waals surface area contributed by atoms with E-state index in [9.17, 15) is 9.59 Å². The normalized spacial score (nSPS) is 23.1. The van der Waals surface area contributed by atoms with Gasteiger partial charge in [0.05, 0.1) is 6.42 Å². The van der Waals surface area contributed by atoms with Crippen LogP contribution in [0.15, 0.2) is 11.6 Å². The molecule has 3 N–H and O–H groups in total. The van der Waals surface area contributed by atoms with Gasteiger partial charge >= 0.3 is 6.16 Å². The van der Waals surface area contributed by atoms with Gasteiger partial charge in [-0.2, -0.15) is 0 Å². The van der Waals surface area contributed by atoms with Gasteiger partial charge in [0.25, 0.3) is 5.88 Å². The second-order valence-corrected chi connectivity index (χ2v) is 4.63. The second kappa shape index (κ2) is 3.63. The van der Waals surface area contributed by atoms with E-state index in [0.29, 0.717) is 5.76 Å². The lowest BCUT2D eigenvalue weighted by molar-refractivity contribution is -0.158. The number of nitrogens with zero attached hydrogens (tertiary/aromatic N) is 1. The zero-order chi connectivity index (χ0) is 12.8. The van der Waals surface area contributed by atoms with Crippen LogP contribution >= 0.6 is 0 Å². The molecule has 2 heterocycles. The number of nitrogens with two attached hydrogens (primary N) is 1. The molecule has 0 bridgehead atoms. The van der Waals surface area contributed by atoms with E-state index in [2.05, 4.69) is 4.74 Å². The second-order valence-electron chi connectivity index (χ2n) is 4.63. The van der Waals surface area contributed by atoms with Gasteiger partial charge in [0.15, 0.2) is 12.0 Å². The quantitative estimate of drug-likeness (QED) is 0.549. The summed E-state index contributed by atoms with van der Waals surface area (Å²) < 4.78 is 10.2. The molecule has 7 heteroatoms. The first-order chi connectivity index (χ1) is 7.86. The summed E-state index contributed by atoms with van der Waals surface area (Å²) in [4.78, 5) is 23.2. The van der Waals surface area contributed by atoms with Gasteiger partial charge in [0.1, 0.15) is 0 Å². The van der Waals surface area contributed by atoms with Crippen LogP contribution in [0.5, 0.6) is 0 Å². The number of carbonyl (C=O) groups is 2. The molecule has 1 amide bonds. The maximum atomic E-state index is 11.4. The lowest BCUT2D eigenvalue weighted by Gasteiger charge is -2.32. The van der Waals surface area contributed by atoms with E-state index in [4.69, 9.17) is 15.6 Å². The van der Waals surface area contributed by atoms with E-state index < -0.39 is 17.8 Å². The van der Waals surface area contributed by atoms with Crippen molar-refractivity contribution in [2.75, 3.05) is 6.54 Å². The molecule has 0 aromatic heterocycles. The minimum absolute atomic E-state index is 0.0470. The van der Waals surface area contributed by atoms with Crippen LogP contribution in [0.4, 0.5) is 4.79 Å². The van der Waals surface area contributed by atoms with Crippen LogP contribution in [0.2, 0.25) is 0 Å². The number of β-lactam (4-membered cyclic amide) rings is 1. The van der Waals surface area contributed by atoms with E-state index in [1.54, 1.807) is 13.8 Å². The van der Waals surface area contributed by atoms with Gasteiger partial charge in [-0.15, -0.1) is 0 Å². The van der Waals surface area contributed by atoms with Crippen molar-refractivity contribution in [3.8, 4) is 0 Å². The van der Waals surface area contributed by atoms with Crippen LogP contribution in [-0.4, -0.2) is 34.8 Å². The Hall–Kier alpha value is -1.76. The number of fused-ring (bicyclic) bond motifs is 1. The molecule has 0 aromatic carbocycles. The van der Waals surface area contributed by atoms with Gasteiger partial charge in [-0.25, -0.2) is 9.69 Å². The zero-order valence-corrected chi connectivity index (χ0v) is 9.60. The fourth-order valence-electron chi connectivity index (χ4n) is 1.74. The van der Waals surface area contributed by atoms with Gasteiger partial charge < -0.3 is 20.3 Å². The maximum absolute atomic E-state index is 11.4. The Morgan fingerprint density at radius 2 is 2.35 bits per heavy atom. The Labute approximate surface area is 97.8 Å². The topological polar surface area (TPSA) is 102 Å². The summed E-state index contributed by atoms with van der Waals surface area (Å²) in [6.45, 7) is 3.84. The molecule has 7 nitrogen and oxygen atoms in total. The van der Waals surface area contributed by atoms with Crippen LogP contribution in [0, 0.1) is 5.41 Å². The molecule has 2 aliphatic rings. The average molecular weight is 242 g/mol. The van der Waals surface area contributed by atoms with Gasteiger partial charge in [-0.1, -0.05) is 13.8 Å². The molecule has 1 fully saturated rings. The summed E-state index contributed by atoms with van der Waals surface area (Å²) in [5.41, 5.74) is 5.02. The molecule has 1 saturated heterocycles. The highest BCUT2D eigenvalue weighted by molar-refractivity contribution is 5.85. The molecule has 0 saturated carbocycles. The summed E-state index contributed by atoms with van der Waals surface area (Å²) >= 11 is 0. The van der Waals surface area contributed by atoms with E-state index in [0.717, 1.165) is 0 Å². The first kappa shape index (κ1) is 11.7. The van der Waals surface area contributed by atoms with Gasteiger partial charge in [-0.3, -0.25) is 4.79 Å². The third-order valence-corrected chi connectivity index (χ3v) is 2.88. The van der Waals surface area contributed by atoms with Crippen LogP contribution < -0.4 is 5.73 Å². The van der Waals surface area contributed by atoms with Crippen molar-refractivity contribution in [2.24, 2.45) is 11.1 Å². The highest BCUT2D eigenvalue weighted by Crippen LogP contribution is 2.43. The molecule has 0 aliphatic carbocycles. The Kier molecular flexibility index (Phi) is 2.50. The predicted octanol–water partition coefficient (Wildman–Crippen LogP) is 0.424. The number of amides is 1. The predicted molar refractivity (Wildman–Crippen MR) is 55.3 cm³/mol. The van der Waals surface area contributed by atoms with Crippen molar-refractivity contribution in [2.45, 2.75) is 26.5 Å². The van der Waals surface area contributed by atoms with E-state index in [-0.39, 0.29) is 24.8 Å². The molecule has 2 aliphatic heterocycles. The van der Waals surface area contributed by atoms with Crippen molar-refractivity contribution in [1.82, 2.24) is 4.90 Å². The Bertz CT molecular complexity index is 415. The number of carboxylic acid groups (broad SMARTS) is 1. The highest BCUT2D eigenvalue weighted by Gasteiger charge is 2.52. The summed E-state index contributed by atoms with van der Waals surface area (Å²) in [6, 6.07) is 0. The number of ether oxygens (including phenoxy) is 2. The van der Waals surface area contributed by atoms with Crippen molar-refractivity contribution < 1.29 is 24.2 Å². The smallest absolute Gasteiger partial charge is 0.468 e. The largest absolute Gasteiger partial charge is 0.512 e. The third-order valence-electron chi connectivity index (χ3n) is 2.88. The summed E-state index contributed by atoms with van der Waals surface area (Å²) in [5.74, 6) is 0.0570. The fraction of sp³-hybridized carbons (Fsp3) is 0.600. The molecule has 0 aromatic rings. The number of carbonyl (C=O) groups excluding carboxylic acids is 1. The molecule has 1 unspecified atom stereocenters. The van der Waals surface area contributed by atoms with E-state index in [1.165, 1.54) is 4.90 Å². The lowest BCUT2D eigenvalue weighted by atomic mass is 9.91. The first-order valence-electron chi connectivity index (χ1n) is 5.21. The molecule has 0 radical (unpaired) electrons. The Balaban J connectivity index is 2.36. The lowest BCUT2D eigenvalue weighted by Crippen LogP contribution is -2.49. The minimum atomic E-state index is -1.48. The SMILES string of the molecule is CC(C)(CN)C1=C(OC(=O)O)N2C(=O)CC2O1. The fourth-order valence-corrected chi connectivity index (χ4v) is 1.74. The van der Waals surface area contributed by atoms with Crippen molar-refractivity contribution >= 4 is 12.1 Å². The molecule has 17 heavy (non-hydrogen) atoms. The molecule has 94 valence electrons. The molecular formula is C10H14N2O5. The van der Waals surface area contributed by atoms with Gasteiger partial charge in [0, 0.05) is 12.0 Å². The third kappa shape index (κ3) is 1.72. The number of rotatable bonds is 3. The van der Waals surface area contributed by atoms with Crippen LogP contribution in [0.3, 0.4) is 0 Å². The first-order valence-corrected chi connectivity index (χ1v) is 5.21. The zero-order valence-electron chi connectivity index (χ0n) is 9.60. The standard InChI is InChI=1S/C10H14N2O5/c1-10(2,4-11)7-8(17-9(14)15)12-5(13)3-6(12)16-7/h6H,3-4,11H2,1-2H3,(H,14,15). The number of hydrogen-bond donors (Lipinski definition) is 2. The highest BCUT2D eigenvalue weighted by atomic mass is 16.7.